The minimum Gasteiger partial charge on any atom is -0.506 e. The van der Waals surface area contributed by atoms with Crippen LogP contribution in [0.2, 0.25) is 0 Å². The van der Waals surface area contributed by atoms with Crippen LogP contribution in [0.15, 0.2) is 24.3 Å². The summed E-state index contributed by atoms with van der Waals surface area (Å²) in [4.78, 5) is 0. The predicted molar refractivity (Wildman–Crippen MR) is 61.2 cm³/mol. The summed E-state index contributed by atoms with van der Waals surface area (Å²) < 4.78 is 5.20. The van der Waals surface area contributed by atoms with Crippen LogP contribution in [0.1, 0.15) is 6.42 Å². The van der Waals surface area contributed by atoms with E-state index in [2.05, 4.69) is 0 Å². The first-order valence-electron chi connectivity index (χ1n) is 5.18. The fourth-order valence-corrected chi connectivity index (χ4v) is 2.13. The number of benzene rings is 1. The minimum atomic E-state index is -0.279. The van der Waals surface area contributed by atoms with Gasteiger partial charge in [0, 0.05) is 6.61 Å². The number of phenolic OH excluding ortho intramolecular Hbond substituents is 1. The Kier molecular flexibility index (Phi) is 3.53. The fourth-order valence-electron chi connectivity index (χ4n) is 1.80. The summed E-state index contributed by atoms with van der Waals surface area (Å²) in [6.45, 7) is 0.982. The third-order valence-corrected chi connectivity index (χ3v) is 3.11. The summed E-state index contributed by atoms with van der Waals surface area (Å²) in [5.74, 6) is 0.0420. The van der Waals surface area contributed by atoms with Gasteiger partial charge in [-0.3, -0.25) is 5.21 Å². The first-order chi connectivity index (χ1) is 7.70. The molecule has 2 N–H and O–H groups in total. The lowest BCUT2D eigenvalue weighted by atomic mass is 10.1. The van der Waals surface area contributed by atoms with Gasteiger partial charge in [-0.15, -0.1) is 11.6 Å². The number of hydrogen-bond acceptors (Lipinski definition) is 4. The molecule has 2 atom stereocenters. The summed E-state index contributed by atoms with van der Waals surface area (Å²) in [7, 11) is 0. The van der Waals surface area contributed by atoms with E-state index in [1.165, 1.54) is 6.07 Å². The highest BCUT2D eigenvalue weighted by atomic mass is 35.5. The zero-order valence-electron chi connectivity index (χ0n) is 8.71. The maximum atomic E-state index is 10.0. The number of halogens is 1. The molecule has 5 heteroatoms. The Labute approximate surface area is 99.0 Å². The van der Waals surface area contributed by atoms with E-state index in [1.54, 1.807) is 18.2 Å². The molecule has 1 heterocycles. The molecule has 1 fully saturated rings. The van der Waals surface area contributed by atoms with E-state index in [-0.39, 0.29) is 17.2 Å². The summed E-state index contributed by atoms with van der Waals surface area (Å²) in [5, 5.41) is 20.4. The highest BCUT2D eigenvalue weighted by molar-refractivity contribution is 6.21. The number of hydroxylamine groups is 1. The Morgan fingerprint density at radius 3 is 2.81 bits per heavy atom. The molecule has 0 spiro atoms. The van der Waals surface area contributed by atoms with Crippen molar-refractivity contribution < 1.29 is 15.1 Å². The summed E-state index contributed by atoms with van der Waals surface area (Å²) >= 11 is 6.07. The van der Waals surface area contributed by atoms with Crippen molar-refractivity contribution in [2.45, 2.75) is 17.8 Å². The number of ether oxygens (including phenoxy) is 1. The van der Waals surface area contributed by atoms with Crippen molar-refractivity contribution in [1.29, 1.82) is 0 Å². The molecule has 88 valence electrons. The van der Waals surface area contributed by atoms with Gasteiger partial charge in [-0.1, -0.05) is 12.1 Å². The fraction of sp³-hybridized carbons (Fsp3) is 0.455. The van der Waals surface area contributed by atoms with Crippen molar-refractivity contribution in [3.05, 3.63) is 24.3 Å². The summed E-state index contributed by atoms with van der Waals surface area (Å²) in [6.07, 6.45) is 0.638. The lowest BCUT2D eigenvalue weighted by Crippen LogP contribution is -2.45. The van der Waals surface area contributed by atoms with Crippen molar-refractivity contribution in [2.24, 2.45) is 0 Å². The van der Waals surface area contributed by atoms with E-state index in [0.717, 1.165) is 5.06 Å². The molecule has 1 aliphatic heterocycles. The van der Waals surface area contributed by atoms with E-state index in [1.807, 2.05) is 0 Å². The monoisotopic (exact) mass is 243 g/mol. The maximum absolute atomic E-state index is 10.0. The third-order valence-electron chi connectivity index (χ3n) is 2.70. The molecule has 0 amide bonds. The topological polar surface area (TPSA) is 52.9 Å². The first kappa shape index (κ1) is 11.5. The quantitative estimate of drug-likeness (QED) is 0.616. The molecule has 2 unspecified atom stereocenters. The van der Waals surface area contributed by atoms with Gasteiger partial charge in [-0.05, 0) is 18.6 Å². The Hall–Kier alpha value is -0.970. The number of nitrogens with zero attached hydrogens (tertiary/aromatic N) is 1. The highest BCUT2D eigenvalue weighted by Crippen LogP contribution is 2.30. The molecular formula is C11H14ClNO3. The van der Waals surface area contributed by atoms with Gasteiger partial charge in [0.1, 0.15) is 11.4 Å². The molecule has 1 aromatic carbocycles. The number of aromatic hydroxyl groups is 1. The molecule has 0 saturated carbocycles. The Morgan fingerprint density at radius 1 is 1.38 bits per heavy atom. The molecule has 0 aromatic heterocycles. The molecule has 4 nitrogen and oxygen atoms in total. The van der Waals surface area contributed by atoms with E-state index in [9.17, 15) is 10.3 Å². The van der Waals surface area contributed by atoms with E-state index < -0.39 is 0 Å². The average Bonchev–Trinajstić information content (AvgIpc) is 2.29. The van der Waals surface area contributed by atoms with Gasteiger partial charge in [-0.2, -0.15) is 0 Å². The molecule has 1 aromatic rings. The molecule has 0 bridgehead atoms. The zero-order chi connectivity index (χ0) is 11.5. The number of para-hydroxylation sites is 2. The third kappa shape index (κ3) is 2.24. The van der Waals surface area contributed by atoms with Gasteiger partial charge in [0.05, 0.1) is 18.0 Å². The van der Waals surface area contributed by atoms with Gasteiger partial charge < -0.3 is 9.84 Å². The van der Waals surface area contributed by atoms with Crippen LogP contribution in [0.3, 0.4) is 0 Å². The van der Waals surface area contributed by atoms with Gasteiger partial charge in [0.25, 0.3) is 0 Å². The van der Waals surface area contributed by atoms with Crippen molar-refractivity contribution in [1.82, 2.24) is 0 Å². The Balaban J connectivity index is 2.17. The smallest absolute Gasteiger partial charge is 0.141 e. The lowest BCUT2D eigenvalue weighted by Gasteiger charge is -2.34. The molecule has 1 saturated heterocycles. The first-order valence-corrected chi connectivity index (χ1v) is 5.61. The normalized spacial score (nSPS) is 25.4. The van der Waals surface area contributed by atoms with Crippen molar-refractivity contribution in [2.75, 3.05) is 18.3 Å². The number of phenols is 1. The molecule has 2 rings (SSSR count). The number of anilines is 1. The second-order valence-corrected chi connectivity index (χ2v) is 4.34. The van der Waals surface area contributed by atoms with Gasteiger partial charge in [0.15, 0.2) is 0 Å². The zero-order valence-corrected chi connectivity index (χ0v) is 9.47. The maximum Gasteiger partial charge on any atom is 0.141 e. The van der Waals surface area contributed by atoms with E-state index >= 15 is 0 Å². The van der Waals surface area contributed by atoms with Crippen LogP contribution in [0.4, 0.5) is 5.69 Å². The van der Waals surface area contributed by atoms with Crippen LogP contribution in [-0.4, -0.2) is 34.9 Å². The summed E-state index contributed by atoms with van der Waals surface area (Å²) in [6, 6.07) is 6.40. The standard InChI is InChI=1S/C11H14ClNO3/c12-8-7-16-6-5-9(8)13(15)10-3-1-2-4-11(10)14/h1-4,8-9,14-15H,5-7H2. The van der Waals surface area contributed by atoms with Crippen LogP contribution < -0.4 is 5.06 Å². The van der Waals surface area contributed by atoms with Crippen LogP contribution >= 0.6 is 11.6 Å². The van der Waals surface area contributed by atoms with Gasteiger partial charge in [-0.25, -0.2) is 5.06 Å². The molecule has 0 aliphatic carbocycles. The van der Waals surface area contributed by atoms with E-state index in [0.29, 0.717) is 25.3 Å². The van der Waals surface area contributed by atoms with Gasteiger partial charge in [0.2, 0.25) is 0 Å². The highest BCUT2D eigenvalue weighted by Gasteiger charge is 2.30. The SMILES string of the molecule is Oc1ccccc1N(O)C1CCOCC1Cl. The Morgan fingerprint density at radius 2 is 2.12 bits per heavy atom. The average molecular weight is 244 g/mol. The predicted octanol–water partition coefficient (Wildman–Crippen LogP) is 1.98. The van der Waals surface area contributed by atoms with Crippen molar-refractivity contribution in [3.8, 4) is 5.75 Å². The van der Waals surface area contributed by atoms with Crippen LogP contribution in [-0.2, 0) is 4.74 Å². The molecule has 16 heavy (non-hydrogen) atoms. The van der Waals surface area contributed by atoms with E-state index in [4.69, 9.17) is 16.3 Å². The van der Waals surface area contributed by atoms with Crippen LogP contribution in [0, 0.1) is 0 Å². The van der Waals surface area contributed by atoms with Crippen LogP contribution in [0.5, 0.6) is 5.75 Å². The molecular weight excluding hydrogens is 230 g/mol. The number of rotatable bonds is 2. The lowest BCUT2D eigenvalue weighted by molar-refractivity contribution is 0.0630. The second kappa shape index (κ2) is 4.91. The van der Waals surface area contributed by atoms with Crippen LogP contribution in [0.25, 0.3) is 0 Å². The molecule has 0 radical (unpaired) electrons. The van der Waals surface area contributed by atoms with Gasteiger partial charge >= 0.3 is 0 Å². The van der Waals surface area contributed by atoms with Crippen molar-refractivity contribution >= 4 is 17.3 Å². The number of hydrogen-bond donors (Lipinski definition) is 2. The molecule has 1 aliphatic rings. The summed E-state index contributed by atoms with van der Waals surface area (Å²) in [5.41, 5.74) is 0.375. The van der Waals surface area contributed by atoms with Crippen molar-refractivity contribution in [3.63, 3.8) is 0 Å². The number of alkyl halides is 1. The Bertz CT molecular complexity index is 361. The largest absolute Gasteiger partial charge is 0.506 e. The minimum absolute atomic E-state index is 0.0420. The second-order valence-electron chi connectivity index (χ2n) is 3.78.